The molecule has 0 bridgehead atoms. The smallest absolute Gasteiger partial charge is 0.147 e. The van der Waals surface area contributed by atoms with E-state index >= 15 is 0 Å². The van der Waals surface area contributed by atoms with Crippen molar-refractivity contribution in [2.75, 3.05) is 7.11 Å². The fourth-order valence-corrected chi connectivity index (χ4v) is 1.41. The lowest BCUT2D eigenvalue weighted by molar-refractivity contribution is 0.121. The van der Waals surface area contributed by atoms with Crippen molar-refractivity contribution in [3.63, 3.8) is 0 Å². The predicted molar refractivity (Wildman–Crippen MR) is 51.1 cm³/mol. The van der Waals surface area contributed by atoms with E-state index in [9.17, 15) is 4.39 Å². The van der Waals surface area contributed by atoms with Gasteiger partial charge in [0.2, 0.25) is 0 Å². The van der Waals surface area contributed by atoms with Gasteiger partial charge in [-0.2, -0.15) is 0 Å². The third-order valence-corrected chi connectivity index (χ3v) is 1.99. The molecule has 0 atom stereocenters. The van der Waals surface area contributed by atoms with Gasteiger partial charge in [-0.3, -0.25) is 4.84 Å². The summed E-state index contributed by atoms with van der Waals surface area (Å²) in [7, 11) is 1.55. The van der Waals surface area contributed by atoms with Crippen molar-refractivity contribution in [1.82, 2.24) is 0 Å². The monoisotopic (exact) mass is 219 g/mol. The van der Waals surface area contributed by atoms with Crippen LogP contribution in [0.5, 0.6) is 0 Å². The van der Waals surface area contributed by atoms with E-state index < -0.39 is 5.82 Å². The molecular weight excluding hydrogens is 209 g/mol. The quantitative estimate of drug-likeness (QED) is 0.788. The van der Waals surface area contributed by atoms with Crippen LogP contribution in [0.4, 0.5) is 4.39 Å². The molecule has 0 fully saturated rings. The third-order valence-electron chi connectivity index (χ3n) is 1.71. The number of hydrogen-bond acceptors (Lipinski definition) is 3. The van der Waals surface area contributed by atoms with E-state index in [1.807, 2.05) is 0 Å². The molecular formula is C9H11ClFNO2. The van der Waals surface area contributed by atoms with E-state index in [1.54, 1.807) is 13.2 Å². The lowest BCUT2D eigenvalue weighted by Gasteiger charge is -2.07. The minimum atomic E-state index is -0.503. The van der Waals surface area contributed by atoms with Crippen molar-refractivity contribution in [1.29, 1.82) is 0 Å². The average Bonchev–Trinajstić information content (AvgIpc) is 2.14. The van der Waals surface area contributed by atoms with Gasteiger partial charge < -0.3 is 4.74 Å². The topological polar surface area (TPSA) is 44.5 Å². The highest BCUT2D eigenvalue weighted by atomic mass is 35.5. The van der Waals surface area contributed by atoms with Gasteiger partial charge in [-0.05, 0) is 17.7 Å². The Bertz CT molecular complexity index is 320. The molecule has 0 saturated carbocycles. The van der Waals surface area contributed by atoms with Crippen LogP contribution in [-0.4, -0.2) is 7.11 Å². The Morgan fingerprint density at radius 2 is 2.14 bits per heavy atom. The molecule has 0 radical (unpaired) electrons. The summed E-state index contributed by atoms with van der Waals surface area (Å²) in [4.78, 5) is 4.36. The van der Waals surface area contributed by atoms with Gasteiger partial charge in [0.15, 0.2) is 0 Å². The number of benzene rings is 1. The molecule has 0 aliphatic rings. The Morgan fingerprint density at radius 1 is 1.43 bits per heavy atom. The van der Waals surface area contributed by atoms with Crippen molar-refractivity contribution in [3.05, 3.63) is 34.1 Å². The first-order valence-electron chi connectivity index (χ1n) is 3.96. The highest BCUT2D eigenvalue weighted by Crippen LogP contribution is 2.21. The maximum absolute atomic E-state index is 13.3. The van der Waals surface area contributed by atoms with Crippen LogP contribution in [-0.2, 0) is 22.8 Å². The SMILES string of the molecule is COCc1cc(Cl)c(F)c(CON)c1. The van der Waals surface area contributed by atoms with Crippen molar-refractivity contribution in [2.24, 2.45) is 5.90 Å². The van der Waals surface area contributed by atoms with E-state index in [1.165, 1.54) is 6.07 Å². The molecule has 0 aliphatic heterocycles. The van der Waals surface area contributed by atoms with Gasteiger partial charge in [-0.1, -0.05) is 11.6 Å². The Balaban J connectivity index is 3.01. The van der Waals surface area contributed by atoms with E-state index in [4.69, 9.17) is 22.2 Å². The first kappa shape index (κ1) is 11.4. The molecule has 0 aromatic heterocycles. The predicted octanol–water partition coefficient (Wildman–Crippen LogP) is 2.02. The zero-order valence-corrected chi connectivity index (χ0v) is 8.47. The highest BCUT2D eigenvalue weighted by Gasteiger charge is 2.09. The van der Waals surface area contributed by atoms with Gasteiger partial charge in [0.1, 0.15) is 5.82 Å². The van der Waals surface area contributed by atoms with E-state index in [0.717, 1.165) is 5.56 Å². The molecule has 0 aliphatic carbocycles. The molecule has 3 nitrogen and oxygen atoms in total. The van der Waals surface area contributed by atoms with Gasteiger partial charge in [0.25, 0.3) is 0 Å². The molecule has 1 aromatic rings. The zero-order valence-electron chi connectivity index (χ0n) is 7.72. The molecule has 0 spiro atoms. The summed E-state index contributed by atoms with van der Waals surface area (Å²) in [5.74, 6) is 4.36. The summed E-state index contributed by atoms with van der Waals surface area (Å²) >= 11 is 5.66. The number of methoxy groups -OCH3 is 1. The Morgan fingerprint density at radius 3 is 2.71 bits per heavy atom. The molecule has 2 N–H and O–H groups in total. The summed E-state index contributed by atoms with van der Waals surface area (Å²) in [5, 5.41) is 0.0478. The fraction of sp³-hybridized carbons (Fsp3) is 0.333. The first-order valence-corrected chi connectivity index (χ1v) is 4.34. The highest BCUT2D eigenvalue weighted by molar-refractivity contribution is 6.30. The summed E-state index contributed by atoms with van der Waals surface area (Å²) in [6.45, 7) is 0.362. The molecule has 1 aromatic carbocycles. The van der Waals surface area contributed by atoms with Crippen LogP contribution in [0.15, 0.2) is 12.1 Å². The van der Waals surface area contributed by atoms with Gasteiger partial charge in [-0.25, -0.2) is 10.3 Å². The van der Waals surface area contributed by atoms with Crippen LogP contribution in [0, 0.1) is 5.82 Å². The number of ether oxygens (including phenoxy) is 1. The van der Waals surface area contributed by atoms with Crippen LogP contribution in [0.1, 0.15) is 11.1 Å². The second kappa shape index (κ2) is 5.26. The summed E-state index contributed by atoms with van der Waals surface area (Å²) in [5.41, 5.74) is 1.11. The number of rotatable bonds is 4. The van der Waals surface area contributed by atoms with E-state index in [2.05, 4.69) is 4.84 Å². The summed E-state index contributed by atoms with van der Waals surface area (Å²) in [6, 6.07) is 3.12. The minimum Gasteiger partial charge on any atom is -0.380 e. The van der Waals surface area contributed by atoms with Crippen molar-refractivity contribution >= 4 is 11.6 Å². The van der Waals surface area contributed by atoms with Gasteiger partial charge in [-0.15, -0.1) is 0 Å². The van der Waals surface area contributed by atoms with E-state index in [0.29, 0.717) is 12.2 Å². The van der Waals surface area contributed by atoms with Gasteiger partial charge in [0.05, 0.1) is 18.2 Å². The fourth-order valence-electron chi connectivity index (χ4n) is 1.15. The number of nitrogens with two attached hydrogens (primary N) is 1. The lowest BCUT2D eigenvalue weighted by atomic mass is 10.1. The summed E-state index contributed by atoms with van der Waals surface area (Å²) < 4.78 is 18.2. The Kier molecular flexibility index (Phi) is 4.28. The maximum atomic E-state index is 13.3. The van der Waals surface area contributed by atoms with Crippen LogP contribution < -0.4 is 5.90 Å². The molecule has 0 amide bonds. The first-order chi connectivity index (χ1) is 6.69. The largest absolute Gasteiger partial charge is 0.380 e. The van der Waals surface area contributed by atoms with Crippen LogP contribution in [0.2, 0.25) is 5.02 Å². The second-order valence-electron chi connectivity index (χ2n) is 2.79. The van der Waals surface area contributed by atoms with Crippen LogP contribution >= 0.6 is 11.6 Å². The van der Waals surface area contributed by atoms with Crippen molar-refractivity contribution in [3.8, 4) is 0 Å². The average molecular weight is 220 g/mol. The normalized spacial score (nSPS) is 10.6. The molecule has 5 heteroatoms. The Labute approximate surface area is 86.5 Å². The van der Waals surface area contributed by atoms with Gasteiger partial charge in [0, 0.05) is 12.7 Å². The maximum Gasteiger partial charge on any atom is 0.147 e. The molecule has 0 heterocycles. The molecule has 0 saturated heterocycles. The van der Waals surface area contributed by atoms with Gasteiger partial charge >= 0.3 is 0 Å². The molecule has 78 valence electrons. The van der Waals surface area contributed by atoms with Crippen molar-refractivity contribution in [2.45, 2.75) is 13.2 Å². The van der Waals surface area contributed by atoms with Crippen LogP contribution in [0.3, 0.4) is 0 Å². The molecule has 14 heavy (non-hydrogen) atoms. The zero-order chi connectivity index (χ0) is 10.6. The molecule has 0 unspecified atom stereocenters. The van der Waals surface area contributed by atoms with E-state index in [-0.39, 0.29) is 11.6 Å². The van der Waals surface area contributed by atoms with Crippen molar-refractivity contribution < 1.29 is 14.0 Å². The number of hydrogen-bond donors (Lipinski definition) is 1. The lowest BCUT2D eigenvalue weighted by Crippen LogP contribution is -2.03. The second-order valence-corrected chi connectivity index (χ2v) is 3.20. The minimum absolute atomic E-state index is 0.0108. The molecule has 1 rings (SSSR count). The summed E-state index contributed by atoms with van der Waals surface area (Å²) in [6.07, 6.45) is 0. The number of halogens is 2. The standard InChI is InChI=1S/C9H11ClFNO2/c1-13-4-6-2-7(5-14-12)9(11)8(10)3-6/h2-3H,4-5,12H2,1H3. The Hall–Kier alpha value is -0.680. The third kappa shape index (κ3) is 2.65. The van der Waals surface area contributed by atoms with Crippen LogP contribution in [0.25, 0.3) is 0 Å².